The quantitative estimate of drug-likeness (QED) is 0.169. The van der Waals surface area contributed by atoms with Crippen LogP contribution in [0.25, 0.3) is 16.7 Å². The molecule has 0 unspecified atom stereocenters. The molecule has 0 saturated heterocycles. The number of anilines is 1. The standard InChI is InChI=1S/C28H37N7O/c1-17-12-14-20(15-13-17)16-35-23-25(30-19(3)22-10-7-11-22)31-27(24(29)34-36)32-26(23)33-28(35)18(2)21-8-5-4-6-9-21/h4-6,8-9,17,19-20,22,36H,2,7,10-16H2,1,3H3,(H2,29,34)(H,30,31,32)/t17?,19-,20?/m1/s1. The Kier molecular flexibility index (Phi) is 6.94. The highest BCUT2D eigenvalue weighted by Crippen LogP contribution is 2.36. The van der Waals surface area contributed by atoms with E-state index in [-0.39, 0.29) is 17.7 Å². The van der Waals surface area contributed by atoms with Crippen molar-refractivity contribution in [1.82, 2.24) is 19.5 Å². The Bertz CT molecular complexity index is 1250. The highest BCUT2D eigenvalue weighted by Gasteiger charge is 2.28. The maximum atomic E-state index is 9.33. The Hall–Kier alpha value is -3.42. The van der Waals surface area contributed by atoms with Gasteiger partial charge in [0.25, 0.3) is 0 Å². The Morgan fingerprint density at radius 3 is 2.50 bits per heavy atom. The number of hydrogen-bond donors (Lipinski definition) is 3. The molecule has 0 amide bonds. The van der Waals surface area contributed by atoms with Gasteiger partial charge >= 0.3 is 0 Å². The fourth-order valence-electron chi connectivity index (χ4n) is 5.52. The minimum Gasteiger partial charge on any atom is -0.409 e. The number of aromatic nitrogens is 4. The molecule has 0 spiro atoms. The van der Waals surface area contributed by atoms with Crippen LogP contribution in [-0.4, -0.2) is 36.6 Å². The summed E-state index contributed by atoms with van der Waals surface area (Å²) in [6.45, 7) is 9.81. The second-order valence-electron chi connectivity index (χ2n) is 10.7. The number of nitrogens with one attached hydrogen (secondary N) is 1. The van der Waals surface area contributed by atoms with Crippen molar-refractivity contribution < 1.29 is 5.21 Å². The zero-order valence-corrected chi connectivity index (χ0v) is 21.3. The SMILES string of the molecule is C=C(c1ccccc1)c1nc2nc(/C(N)=N/O)nc(N[C@H](C)C3CCC3)c2n1CC1CCC(C)CC1. The van der Waals surface area contributed by atoms with Crippen LogP contribution in [-0.2, 0) is 6.54 Å². The van der Waals surface area contributed by atoms with E-state index in [2.05, 4.69) is 52.6 Å². The van der Waals surface area contributed by atoms with E-state index < -0.39 is 0 Å². The summed E-state index contributed by atoms with van der Waals surface area (Å²) >= 11 is 0. The molecule has 2 fully saturated rings. The summed E-state index contributed by atoms with van der Waals surface area (Å²) in [5.41, 5.74) is 9.20. The lowest BCUT2D eigenvalue weighted by molar-refractivity contribution is 0.266. The molecule has 36 heavy (non-hydrogen) atoms. The number of benzene rings is 1. The van der Waals surface area contributed by atoms with Crippen molar-refractivity contribution in [2.24, 2.45) is 28.6 Å². The van der Waals surface area contributed by atoms with Crippen molar-refractivity contribution in [1.29, 1.82) is 0 Å². The van der Waals surface area contributed by atoms with Gasteiger partial charge in [-0.05, 0) is 55.9 Å². The number of oxime groups is 1. The van der Waals surface area contributed by atoms with Crippen LogP contribution in [0.5, 0.6) is 0 Å². The van der Waals surface area contributed by atoms with Crippen molar-refractivity contribution in [3.8, 4) is 0 Å². The molecular weight excluding hydrogens is 450 g/mol. The summed E-state index contributed by atoms with van der Waals surface area (Å²) in [4.78, 5) is 14.3. The molecule has 1 aromatic carbocycles. The molecule has 8 nitrogen and oxygen atoms in total. The summed E-state index contributed by atoms with van der Waals surface area (Å²) in [5, 5.41) is 16.1. The van der Waals surface area contributed by atoms with E-state index in [4.69, 9.17) is 15.7 Å². The van der Waals surface area contributed by atoms with Crippen molar-refractivity contribution in [3.63, 3.8) is 0 Å². The molecule has 2 aliphatic carbocycles. The third-order valence-electron chi connectivity index (χ3n) is 8.13. The molecule has 0 radical (unpaired) electrons. The lowest BCUT2D eigenvalue weighted by Crippen LogP contribution is -2.32. The fraction of sp³-hybridized carbons (Fsp3) is 0.500. The maximum absolute atomic E-state index is 9.33. The van der Waals surface area contributed by atoms with Crippen LogP contribution in [0.15, 0.2) is 42.1 Å². The lowest BCUT2D eigenvalue weighted by Gasteiger charge is -2.32. The molecular formula is C28H37N7O. The largest absolute Gasteiger partial charge is 0.409 e. The zero-order valence-electron chi connectivity index (χ0n) is 21.3. The topological polar surface area (TPSA) is 114 Å². The molecule has 8 heteroatoms. The molecule has 2 aliphatic rings. The van der Waals surface area contributed by atoms with E-state index in [0.29, 0.717) is 23.3 Å². The Labute approximate surface area is 212 Å². The third-order valence-corrected chi connectivity index (χ3v) is 8.13. The molecule has 2 saturated carbocycles. The van der Waals surface area contributed by atoms with Crippen LogP contribution in [0, 0.1) is 17.8 Å². The first-order chi connectivity index (χ1) is 17.4. The van der Waals surface area contributed by atoms with E-state index in [0.717, 1.165) is 34.9 Å². The number of nitrogens with two attached hydrogens (primary N) is 1. The molecule has 0 aliphatic heterocycles. The van der Waals surface area contributed by atoms with Crippen molar-refractivity contribution in [2.75, 3.05) is 5.32 Å². The third kappa shape index (κ3) is 4.81. The van der Waals surface area contributed by atoms with E-state index >= 15 is 0 Å². The van der Waals surface area contributed by atoms with Crippen LogP contribution < -0.4 is 11.1 Å². The van der Waals surface area contributed by atoms with Gasteiger partial charge in [-0.3, -0.25) is 0 Å². The van der Waals surface area contributed by atoms with Crippen LogP contribution in [0.1, 0.15) is 76.0 Å². The molecule has 1 atom stereocenters. The molecule has 190 valence electrons. The Morgan fingerprint density at radius 2 is 1.86 bits per heavy atom. The molecule has 3 aromatic rings. The zero-order chi connectivity index (χ0) is 25.2. The summed E-state index contributed by atoms with van der Waals surface area (Å²) in [6.07, 6.45) is 8.59. The first-order valence-corrected chi connectivity index (χ1v) is 13.2. The average Bonchev–Trinajstić information content (AvgIpc) is 3.22. The summed E-state index contributed by atoms with van der Waals surface area (Å²) in [5.74, 6) is 3.47. The average molecular weight is 488 g/mol. The maximum Gasteiger partial charge on any atom is 0.208 e. The summed E-state index contributed by atoms with van der Waals surface area (Å²) < 4.78 is 2.26. The molecule has 2 heterocycles. The molecule has 5 rings (SSSR count). The second-order valence-corrected chi connectivity index (χ2v) is 10.7. The van der Waals surface area contributed by atoms with Crippen molar-refractivity contribution in [3.05, 3.63) is 54.1 Å². The van der Waals surface area contributed by atoms with E-state index in [1.807, 2.05) is 18.2 Å². The van der Waals surface area contributed by atoms with Crippen LogP contribution >= 0.6 is 0 Å². The number of amidine groups is 1. The van der Waals surface area contributed by atoms with Crippen molar-refractivity contribution in [2.45, 2.75) is 71.4 Å². The van der Waals surface area contributed by atoms with Crippen LogP contribution in [0.4, 0.5) is 5.82 Å². The summed E-state index contributed by atoms with van der Waals surface area (Å²) in [7, 11) is 0. The van der Waals surface area contributed by atoms with Gasteiger partial charge in [-0.25, -0.2) is 15.0 Å². The lowest BCUT2D eigenvalue weighted by atomic mass is 9.80. The van der Waals surface area contributed by atoms with Gasteiger partial charge in [0.15, 0.2) is 11.5 Å². The first kappa shape index (κ1) is 24.3. The van der Waals surface area contributed by atoms with Gasteiger partial charge in [0, 0.05) is 18.2 Å². The van der Waals surface area contributed by atoms with E-state index in [1.54, 1.807) is 0 Å². The van der Waals surface area contributed by atoms with Gasteiger partial charge in [0.1, 0.15) is 11.3 Å². The Balaban J connectivity index is 1.64. The van der Waals surface area contributed by atoms with Gasteiger partial charge in [0.2, 0.25) is 11.7 Å². The van der Waals surface area contributed by atoms with Crippen LogP contribution in [0.2, 0.25) is 0 Å². The van der Waals surface area contributed by atoms with E-state index in [1.165, 1.54) is 44.9 Å². The number of rotatable bonds is 8. The number of imidazole rings is 1. The second kappa shape index (κ2) is 10.3. The minimum atomic E-state index is -0.129. The van der Waals surface area contributed by atoms with Gasteiger partial charge in [-0.1, -0.05) is 68.3 Å². The highest BCUT2D eigenvalue weighted by atomic mass is 16.4. The van der Waals surface area contributed by atoms with Gasteiger partial charge in [-0.15, -0.1) is 0 Å². The number of fused-ring (bicyclic) bond motifs is 1. The van der Waals surface area contributed by atoms with Gasteiger partial charge in [0.05, 0.1) is 0 Å². The van der Waals surface area contributed by atoms with E-state index in [9.17, 15) is 5.21 Å². The molecule has 4 N–H and O–H groups in total. The molecule has 0 bridgehead atoms. The number of nitrogens with zero attached hydrogens (tertiary/aromatic N) is 5. The van der Waals surface area contributed by atoms with Crippen molar-refractivity contribution >= 4 is 28.4 Å². The fourth-order valence-corrected chi connectivity index (χ4v) is 5.52. The van der Waals surface area contributed by atoms with Gasteiger partial charge in [-0.2, -0.15) is 0 Å². The smallest absolute Gasteiger partial charge is 0.208 e. The molecule has 2 aromatic heterocycles. The van der Waals surface area contributed by atoms with Crippen LogP contribution in [0.3, 0.4) is 0 Å². The summed E-state index contributed by atoms with van der Waals surface area (Å²) in [6, 6.07) is 10.4. The minimum absolute atomic E-state index is 0.129. The van der Waals surface area contributed by atoms with Gasteiger partial charge < -0.3 is 20.8 Å². The predicted molar refractivity (Wildman–Crippen MR) is 144 cm³/mol. The monoisotopic (exact) mass is 487 g/mol. The highest BCUT2D eigenvalue weighted by molar-refractivity contribution is 5.97. The number of hydrogen-bond acceptors (Lipinski definition) is 6. The normalized spacial score (nSPS) is 21.8. The Morgan fingerprint density at radius 1 is 1.14 bits per heavy atom. The predicted octanol–water partition coefficient (Wildman–Crippen LogP) is 5.41. The first-order valence-electron chi connectivity index (χ1n) is 13.2.